The summed E-state index contributed by atoms with van der Waals surface area (Å²) in [5.41, 5.74) is -0.531. The Kier molecular flexibility index (Phi) is 4.47. The van der Waals surface area contributed by atoms with Crippen molar-refractivity contribution in [2.75, 3.05) is 5.32 Å². The molecule has 3 aromatic carbocycles. The second-order valence-corrected chi connectivity index (χ2v) is 7.06. The number of fused-ring (bicyclic) bond motifs is 3. The molecular formula is C23H13F4N3O2. The molecule has 0 bridgehead atoms. The van der Waals surface area contributed by atoms with E-state index >= 15 is 0 Å². The van der Waals surface area contributed by atoms with Crippen molar-refractivity contribution < 1.29 is 26.8 Å². The molecule has 5 aromatic rings. The standard InChI is InChI=1S/C23H13F4N3O2/c24-13-5-8-15(9-6-13)30-21(23(25,26)27)18(12-28-30)22(31)29-14-7-10-17-16-3-1-2-4-19(16)32-20(17)11-14/h1-12H,(H,29,31). The van der Waals surface area contributed by atoms with Gasteiger partial charge in [-0.1, -0.05) is 18.2 Å². The van der Waals surface area contributed by atoms with E-state index in [4.69, 9.17) is 4.42 Å². The highest BCUT2D eigenvalue weighted by Crippen LogP contribution is 2.35. The molecule has 0 radical (unpaired) electrons. The lowest BCUT2D eigenvalue weighted by Gasteiger charge is -2.13. The Hall–Kier alpha value is -4.14. The summed E-state index contributed by atoms with van der Waals surface area (Å²) in [4.78, 5) is 12.7. The topological polar surface area (TPSA) is 60.1 Å². The number of amides is 1. The van der Waals surface area contributed by atoms with E-state index < -0.39 is 29.2 Å². The molecule has 0 atom stereocenters. The quantitative estimate of drug-likeness (QED) is 0.342. The average Bonchev–Trinajstić information content (AvgIpc) is 3.36. The number of carbonyl (C=O) groups is 1. The zero-order valence-electron chi connectivity index (χ0n) is 16.2. The van der Waals surface area contributed by atoms with Gasteiger partial charge in [0.25, 0.3) is 5.91 Å². The molecule has 160 valence electrons. The maximum Gasteiger partial charge on any atom is 0.434 e. The number of rotatable bonds is 3. The predicted molar refractivity (Wildman–Crippen MR) is 110 cm³/mol. The normalized spacial score (nSPS) is 11.9. The van der Waals surface area contributed by atoms with Crippen molar-refractivity contribution in [3.05, 3.63) is 90.0 Å². The molecule has 0 spiro atoms. The molecule has 1 N–H and O–H groups in total. The molecule has 0 saturated heterocycles. The van der Waals surface area contributed by atoms with Gasteiger partial charge in [0.05, 0.1) is 17.4 Å². The van der Waals surface area contributed by atoms with E-state index in [1.807, 2.05) is 18.2 Å². The van der Waals surface area contributed by atoms with Crippen LogP contribution in [0.15, 0.2) is 77.3 Å². The summed E-state index contributed by atoms with van der Waals surface area (Å²) >= 11 is 0. The molecule has 1 amide bonds. The van der Waals surface area contributed by atoms with Crippen LogP contribution in [-0.4, -0.2) is 15.7 Å². The molecule has 2 heterocycles. The highest BCUT2D eigenvalue weighted by molar-refractivity contribution is 6.08. The summed E-state index contributed by atoms with van der Waals surface area (Å²) in [5, 5.41) is 7.90. The second kappa shape index (κ2) is 7.23. The highest BCUT2D eigenvalue weighted by atomic mass is 19.4. The molecule has 2 aromatic heterocycles. The molecule has 0 aliphatic carbocycles. The Balaban J connectivity index is 1.51. The molecule has 0 aliphatic heterocycles. The van der Waals surface area contributed by atoms with E-state index in [2.05, 4.69) is 10.4 Å². The monoisotopic (exact) mass is 439 g/mol. The maximum absolute atomic E-state index is 13.8. The van der Waals surface area contributed by atoms with Crippen LogP contribution in [0.25, 0.3) is 27.6 Å². The van der Waals surface area contributed by atoms with Crippen molar-refractivity contribution in [2.24, 2.45) is 0 Å². The van der Waals surface area contributed by atoms with Gasteiger partial charge in [-0.15, -0.1) is 0 Å². The molecule has 0 aliphatic rings. The van der Waals surface area contributed by atoms with E-state index in [0.717, 1.165) is 41.2 Å². The van der Waals surface area contributed by atoms with Gasteiger partial charge in [0.2, 0.25) is 0 Å². The minimum Gasteiger partial charge on any atom is -0.456 e. The summed E-state index contributed by atoms with van der Waals surface area (Å²) in [6.07, 6.45) is -4.04. The number of furan rings is 1. The number of anilines is 1. The summed E-state index contributed by atoms with van der Waals surface area (Å²) in [5.74, 6) is -1.59. The smallest absolute Gasteiger partial charge is 0.434 e. The Morgan fingerprint density at radius 2 is 1.66 bits per heavy atom. The molecule has 32 heavy (non-hydrogen) atoms. The van der Waals surface area contributed by atoms with Crippen molar-refractivity contribution in [1.29, 1.82) is 0 Å². The van der Waals surface area contributed by atoms with Crippen LogP contribution in [0.5, 0.6) is 0 Å². The van der Waals surface area contributed by atoms with Gasteiger partial charge < -0.3 is 9.73 Å². The lowest BCUT2D eigenvalue weighted by molar-refractivity contribution is -0.143. The third-order valence-corrected chi connectivity index (χ3v) is 4.99. The average molecular weight is 439 g/mol. The maximum atomic E-state index is 13.8. The van der Waals surface area contributed by atoms with Gasteiger partial charge in [-0.3, -0.25) is 4.79 Å². The van der Waals surface area contributed by atoms with Gasteiger partial charge in [0, 0.05) is 22.5 Å². The summed E-state index contributed by atoms with van der Waals surface area (Å²) in [6.45, 7) is 0. The van der Waals surface area contributed by atoms with Gasteiger partial charge >= 0.3 is 6.18 Å². The summed E-state index contributed by atoms with van der Waals surface area (Å²) < 4.78 is 60.9. The highest BCUT2D eigenvalue weighted by Gasteiger charge is 2.40. The molecule has 9 heteroatoms. The van der Waals surface area contributed by atoms with Crippen molar-refractivity contribution in [1.82, 2.24) is 9.78 Å². The van der Waals surface area contributed by atoms with Crippen LogP contribution >= 0.6 is 0 Å². The van der Waals surface area contributed by atoms with E-state index in [-0.39, 0.29) is 11.4 Å². The molecule has 0 unspecified atom stereocenters. The van der Waals surface area contributed by atoms with Crippen LogP contribution < -0.4 is 5.32 Å². The molecule has 5 rings (SSSR count). The number of para-hydroxylation sites is 1. The molecule has 5 nitrogen and oxygen atoms in total. The SMILES string of the molecule is O=C(Nc1ccc2c(c1)oc1ccccc12)c1cnn(-c2ccc(F)cc2)c1C(F)(F)F. The third kappa shape index (κ3) is 3.37. The van der Waals surface area contributed by atoms with E-state index in [1.54, 1.807) is 24.3 Å². The van der Waals surface area contributed by atoms with Gasteiger partial charge in [0.15, 0.2) is 5.69 Å². The number of hydrogen-bond acceptors (Lipinski definition) is 3. The minimum atomic E-state index is -4.87. The Bertz CT molecular complexity index is 1470. The third-order valence-electron chi connectivity index (χ3n) is 4.99. The van der Waals surface area contributed by atoms with Crippen molar-refractivity contribution in [3.8, 4) is 5.69 Å². The van der Waals surface area contributed by atoms with Gasteiger partial charge in [0.1, 0.15) is 17.0 Å². The summed E-state index contributed by atoms with van der Waals surface area (Å²) in [6, 6.07) is 16.6. The van der Waals surface area contributed by atoms with Gasteiger partial charge in [-0.25, -0.2) is 9.07 Å². The number of hydrogen-bond donors (Lipinski definition) is 1. The first kappa shape index (κ1) is 19.8. The van der Waals surface area contributed by atoms with Gasteiger partial charge in [-0.05, 0) is 42.5 Å². The number of alkyl halides is 3. The fourth-order valence-electron chi connectivity index (χ4n) is 3.57. The molecular weight excluding hydrogens is 426 g/mol. The lowest BCUT2D eigenvalue weighted by atomic mass is 10.1. The van der Waals surface area contributed by atoms with Crippen molar-refractivity contribution in [2.45, 2.75) is 6.18 Å². The van der Waals surface area contributed by atoms with Crippen LogP contribution in [0.2, 0.25) is 0 Å². The van der Waals surface area contributed by atoms with Crippen LogP contribution in [0.1, 0.15) is 16.1 Å². The van der Waals surface area contributed by atoms with Crippen LogP contribution in [-0.2, 0) is 6.18 Å². The van der Waals surface area contributed by atoms with E-state index in [1.165, 1.54) is 0 Å². The first-order valence-corrected chi connectivity index (χ1v) is 9.45. The minimum absolute atomic E-state index is 0.0264. The molecule has 0 fully saturated rings. The van der Waals surface area contributed by atoms with Crippen LogP contribution in [0.4, 0.5) is 23.2 Å². The predicted octanol–water partition coefficient (Wildman–Crippen LogP) is 6.18. The van der Waals surface area contributed by atoms with Crippen LogP contribution in [0, 0.1) is 5.82 Å². The van der Waals surface area contributed by atoms with Crippen molar-refractivity contribution >= 4 is 33.5 Å². The fraction of sp³-hybridized carbons (Fsp3) is 0.0435. The number of nitrogens with zero attached hydrogens (tertiary/aromatic N) is 2. The number of nitrogens with one attached hydrogen (secondary N) is 1. The van der Waals surface area contributed by atoms with E-state index in [9.17, 15) is 22.4 Å². The second-order valence-electron chi connectivity index (χ2n) is 7.06. The van der Waals surface area contributed by atoms with E-state index in [0.29, 0.717) is 15.8 Å². The first-order valence-electron chi connectivity index (χ1n) is 9.45. The lowest BCUT2D eigenvalue weighted by Crippen LogP contribution is -2.20. The van der Waals surface area contributed by atoms with Crippen LogP contribution in [0.3, 0.4) is 0 Å². The Morgan fingerprint density at radius 3 is 2.41 bits per heavy atom. The zero-order chi connectivity index (χ0) is 22.5. The number of halogens is 4. The zero-order valence-corrected chi connectivity index (χ0v) is 16.2. The fourth-order valence-corrected chi connectivity index (χ4v) is 3.57. The number of benzene rings is 3. The first-order chi connectivity index (χ1) is 15.3. The Morgan fingerprint density at radius 1 is 0.938 bits per heavy atom. The van der Waals surface area contributed by atoms with Gasteiger partial charge in [-0.2, -0.15) is 18.3 Å². The summed E-state index contributed by atoms with van der Waals surface area (Å²) in [7, 11) is 0. The number of carbonyl (C=O) groups excluding carboxylic acids is 1. The van der Waals surface area contributed by atoms with Crippen molar-refractivity contribution in [3.63, 3.8) is 0 Å². The molecule has 0 saturated carbocycles. The number of aromatic nitrogens is 2. The Labute approximate surface area is 177 Å². The largest absolute Gasteiger partial charge is 0.456 e.